The summed E-state index contributed by atoms with van der Waals surface area (Å²) in [4.78, 5) is 0. The molecule has 0 aliphatic carbocycles. The van der Waals surface area contributed by atoms with Crippen molar-refractivity contribution in [3.63, 3.8) is 0 Å². The first kappa shape index (κ1) is 14.5. The smallest absolute Gasteiger partial charge is 0.165 e. The van der Waals surface area contributed by atoms with Crippen molar-refractivity contribution >= 4 is 0 Å². The molecule has 0 amide bonds. The highest BCUT2D eigenvalue weighted by Crippen LogP contribution is 2.25. The lowest BCUT2D eigenvalue weighted by atomic mass is 9.90. The third kappa shape index (κ3) is 3.36. The largest absolute Gasteiger partial charge is 0.494 e. The van der Waals surface area contributed by atoms with E-state index in [0.717, 1.165) is 17.5 Å². The van der Waals surface area contributed by atoms with Gasteiger partial charge in [0, 0.05) is 6.04 Å². The summed E-state index contributed by atoms with van der Waals surface area (Å²) in [5.74, 6) is 0.171. The Balaban J connectivity index is 2.08. The molecule has 2 rings (SSSR count). The Hall–Kier alpha value is -1.87. The van der Waals surface area contributed by atoms with E-state index < -0.39 is 0 Å². The molecule has 0 bridgehead atoms. The van der Waals surface area contributed by atoms with Gasteiger partial charge >= 0.3 is 0 Å². The molecule has 0 radical (unpaired) electrons. The second-order valence-corrected chi connectivity index (χ2v) is 5.09. The maximum absolute atomic E-state index is 13.7. The number of methoxy groups -OCH3 is 1. The van der Waals surface area contributed by atoms with Crippen LogP contribution in [0, 0.1) is 11.7 Å². The van der Waals surface area contributed by atoms with Crippen molar-refractivity contribution in [2.24, 2.45) is 11.7 Å². The molecule has 0 fully saturated rings. The van der Waals surface area contributed by atoms with Crippen LogP contribution in [-0.2, 0) is 6.42 Å². The Morgan fingerprint density at radius 3 is 2.45 bits per heavy atom. The van der Waals surface area contributed by atoms with Crippen molar-refractivity contribution in [3.8, 4) is 5.75 Å². The lowest BCUT2D eigenvalue weighted by Crippen LogP contribution is -2.20. The van der Waals surface area contributed by atoms with Gasteiger partial charge in [0.15, 0.2) is 11.6 Å². The van der Waals surface area contributed by atoms with E-state index in [-0.39, 0.29) is 23.5 Å². The second-order valence-electron chi connectivity index (χ2n) is 5.09. The molecule has 2 atom stereocenters. The first-order valence-corrected chi connectivity index (χ1v) is 6.74. The molecule has 106 valence electrons. The Morgan fingerprint density at radius 1 is 1.15 bits per heavy atom. The molecular weight excluding hydrogens is 253 g/mol. The quantitative estimate of drug-likeness (QED) is 0.901. The van der Waals surface area contributed by atoms with E-state index in [0.29, 0.717) is 0 Å². The summed E-state index contributed by atoms with van der Waals surface area (Å²) in [6, 6.07) is 15.0. The molecule has 3 heteroatoms. The van der Waals surface area contributed by atoms with Crippen molar-refractivity contribution in [1.29, 1.82) is 0 Å². The van der Waals surface area contributed by atoms with E-state index in [2.05, 4.69) is 6.92 Å². The molecule has 2 nitrogen and oxygen atoms in total. The van der Waals surface area contributed by atoms with Crippen molar-refractivity contribution in [1.82, 2.24) is 0 Å². The molecule has 0 aliphatic heterocycles. The van der Waals surface area contributed by atoms with Gasteiger partial charge in [-0.1, -0.05) is 43.3 Å². The molecule has 2 aromatic carbocycles. The number of hydrogen-bond acceptors (Lipinski definition) is 2. The van der Waals surface area contributed by atoms with E-state index in [1.807, 2.05) is 36.4 Å². The van der Waals surface area contributed by atoms with Gasteiger partial charge in [0.2, 0.25) is 0 Å². The van der Waals surface area contributed by atoms with Gasteiger partial charge in [-0.15, -0.1) is 0 Å². The number of nitrogens with two attached hydrogens (primary N) is 1. The SMILES string of the molecule is COc1ccc(CC(C)C(N)c2ccccc2)cc1F. The average molecular weight is 273 g/mol. The zero-order valence-electron chi connectivity index (χ0n) is 11.8. The van der Waals surface area contributed by atoms with Gasteiger partial charge in [0.05, 0.1) is 7.11 Å². The first-order chi connectivity index (χ1) is 9.61. The fourth-order valence-corrected chi connectivity index (χ4v) is 2.34. The van der Waals surface area contributed by atoms with Crippen LogP contribution in [0.4, 0.5) is 4.39 Å². The Kier molecular flexibility index (Phi) is 4.74. The van der Waals surface area contributed by atoms with Gasteiger partial charge in [-0.05, 0) is 35.6 Å². The van der Waals surface area contributed by atoms with Crippen molar-refractivity contribution in [2.75, 3.05) is 7.11 Å². The van der Waals surface area contributed by atoms with E-state index in [9.17, 15) is 4.39 Å². The van der Waals surface area contributed by atoms with Crippen LogP contribution in [0.1, 0.15) is 24.1 Å². The molecule has 0 heterocycles. The number of ether oxygens (including phenoxy) is 1. The summed E-state index contributed by atoms with van der Waals surface area (Å²) in [5.41, 5.74) is 8.30. The molecule has 0 aliphatic rings. The summed E-state index contributed by atoms with van der Waals surface area (Å²) >= 11 is 0. The van der Waals surface area contributed by atoms with Crippen molar-refractivity contribution in [2.45, 2.75) is 19.4 Å². The van der Waals surface area contributed by atoms with Crippen LogP contribution in [-0.4, -0.2) is 7.11 Å². The Labute approximate surface area is 119 Å². The molecule has 0 spiro atoms. The predicted octanol–water partition coefficient (Wildman–Crippen LogP) is 3.71. The van der Waals surface area contributed by atoms with E-state index in [1.54, 1.807) is 6.07 Å². The second kappa shape index (κ2) is 6.53. The molecule has 20 heavy (non-hydrogen) atoms. The third-order valence-electron chi connectivity index (χ3n) is 3.57. The first-order valence-electron chi connectivity index (χ1n) is 6.74. The van der Waals surface area contributed by atoms with Crippen LogP contribution in [0.5, 0.6) is 5.75 Å². The fourth-order valence-electron chi connectivity index (χ4n) is 2.34. The van der Waals surface area contributed by atoms with Crippen molar-refractivity contribution in [3.05, 3.63) is 65.5 Å². The summed E-state index contributed by atoms with van der Waals surface area (Å²) in [6.07, 6.45) is 0.733. The van der Waals surface area contributed by atoms with Crippen LogP contribution in [0.25, 0.3) is 0 Å². The van der Waals surface area contributed by atoms with Crippen LogP contribution in [0.15, 0.2) is 48.5 Å². The highest BCUT2D eigenvalue weighted by atomic mass is 19.1. The number of halogens is 1. The lowest BCUT2D eigenvalue weighted by Gasteiger charge is -2.20. The predicted molar refractivity (Wildman–Crippen MR) is 79.2 cm³/mol. The standard InChI is InChI=1S/C17H20FNO/c1-12(17(19)14-6-4-3-5-7-14)10-13-8-9-16(20-2)15(18)11-13/h3-9,11-12,17H,10,19H2,1-2H3. The summed E-state index contributed by atoms with van der Waals surface area (Å²) in [6.45, 7) is 2.08. The highest BCUT2D eigenvalue weighted by molar-refractivity contribution is 5.30. The Morgan fingerprint density at radius 2 is 1.85 bits per heavy atom. The van der Waals surface area contributed by atoms with E-state index in [4.69, 9.17) is 10.5 Å². The van der Waals surface area contributed by atoms with Crippen molar-refractivity contribution < 1.29 is 9.13 Å². The van der Waals surface area contributed by atoms with Gasteiger partial charge < -0.3 is 10.5 Å². The van der Waals surface area contributed by atoms with Gasteiger partial charge in [-0.25, -0.2) is 4.39 Å². The average Bonchev–Trinajstić information content (AvgIpc) is 2.47. The van der Waals surface area contributed by atoms with Crippen LogP contribution in [0.2, 0.25) is 0 Å². The normalized spacial score (nSPS) is 13.8. The monoisotopic (exact) mass is 273 g/mol. The zero-order chi connectivity index (χ0) is 14.5. The van der Waals surface area contributed by atoms with Gasteiger partial charge in [-0.3, -0.25) is 0 Å². The highest BCUT2D eigenvalue weighted by Gasteiger charge is 2.16. The number of benzene rings is 2. The van der Waals surface area contributed by atoms with E-state index in [1.165, 1.54) is 13.2 Å². The third-order valence-corrected chi connectivity index (χ3v) is 3.57. The maximum Gasteiger partial charge on any atom is 0.165 e. The van der Waals surface area contributed by atoms with Gasteiger partial charge in [0.1, 0.15) is 0 Å². The van der Waals surface area contributed by atoms with Crippen LogP contribution in [0.3, 0.4) is 0 Å². The summed E-state index contributed by atoms with van der Waals surface area (Å²) in [5, 5.41) is 0. The number of hydrogen-bond donors (Lipinski definition) is 1. The van der Waals surface area contributed by atoms with Gasteiger partial charge in [-0.2, -0.15) is 0 Å². The molecule has 2 aromatic rings. The number of rotatable bonds is 5. The zero-order valence-corrected chi connectivity index (χ0v) is 11.8. The summed E-state index contributed by atoms with van der Waals surface area (Å²) in [7, 11) is 1.46. The minimum Gasteiger partial charge on any atom is -0.494 e. The molecule has 2 unspecified atom stereocenters. The summed E-state index contributed by atoms with van der Waals surface area (Å²) < 4.78 is 18.6. The topological polar surface area (TPSA) is 35.2 Å². The molecule has 0 aromatic heterocycles. The maximum atomic E-state index is 13.7. The molecular formula is C17H20FNO. The van der Waals surface area contributed by atoms with E-state index >= 15 is 0 Å². The Bertz CT molecular complexity index is 556. The lowest BCUT2D eigenvalue weighted by molar-refractivity contribution is 0.385. The molecule has 0 saturated carbocycles. The molecule has 0 saturated heterocycles. The fraction of sp³-hybridized carbons (Fsp3) is 0.294. The van der Waals surface area contributed by atoms with Crippen LogP contribution < -0.4 is 10.5 Å². The minimum atomic E-state index is -0.328. The van der Waals surface area contributed by atoms with Crippen LogP contribution >= 0.6 is 0 Å². The minimum absolute atomic E-state index is 0.0543. The molecule has 2 N–H and O–H groups in total. The van der Waals surface area contributed by atoms with Gasteiger partial charge in [0.25, 0.3) is 0 Å².